The number of esters is 2. The second-order valence-electron chi connectivity index (χ2n) is 23.5. The van der Waals surface area contributed by atoms with Crippen LogP contribution in [0.2, 0.25) is 0 Å². The molecule has 68 heavy (non-hydrogen) atoms. The van der Waals surface area contributed by atoms with Crippen molar-refractivity contribution in [1.29, 1.82) is 0 Å². The molecule has 8 aliphatic rings. The van der Waals surface area contributed by atoms with Crippen LogP contribution < -0.4 is 0 Å². The maximum atomic E-state index is 15.0. The number of aliphatic hydroxyl groups excluding tert-OH is 10. The lowest BCUT2D eigenvalue weighted by Gasteiger charge is -2.71. The first-order valence-corrected chi connectivity index (χ1v) is 24.8. The van der Waals surface area contributed by atoms with Crippen LogP contribution in [0.4, 0.5) is 0 Å². The average Bonchev–Trinajstić information content (AvgIpc) is 3.29. The molecule has 0 aromatic carbocycles. The molecular formula is C49H78O19. The van der Waals surface area contributed by atoms with E-state index in [0.29, 0.717) is 32.1 Å². The Bertz CT molecular complexity index is 1880. The topological polar surface area (TPSA) is 301 Å². The lowest BCUT2D eigenvalue weighted by molar-refractivity contribution is -0.328. The lowest BCUT2D eigenvalue weighted by Crippen LogP contribution is -2.67. The number of fused-ring (bicyclic) bond motifs is 7. The van der Waals surface area contributed by atoms with Gasteiger partial charge in [-0.3, -0.25) is 9.59 Å². The van der Waals surface area contributed by atoms with Gasteiger partial charge in [-0.05, 0) is 104 Å². The minimum Gasteiger partial charge on any atom is -0.457 e. The Morgan fingerprint density at radius 2 is 1.32 bits per heavy atom. The Morgan fingerprint density at radius 3 is 1.99 bits per heavy atom. The number of rotatable bonds is 10. The lowest BCUT2D eigenvalue weighted by atomic mass is 9.33. The Hall–Kier alpha value is -1.92. The molecule has 0 amide bonds. The first kappa shape index (κ1) is 52.4. The molecular weight excluding hydrogens is 893 g/mol. The molecule has 23 atom stereocenters. The van der Waals surface area contributed by atoms with Crippen LogP contribution in [0.3, 0.4) is 0 Å². The van der Waals surface area contributed by atoms with Crippen LogP contribution in [0.5, 0.6) is 0 Å². The summed E-state index contributed by atoms with van der Waals surface area (Å²) in [5.74, 6) is -1.15. The van der Waals surface area contributed by atoms with E-state index in [4.69, 9.17) is 33.2 Å². The molecule has 3 saturated heterocycles. The third-order valence-electron chi connectivity index (χ3n) is 19.3. The highest BCUT2D eigenvalue weighted by atomic mass is 16.7. The van der Waals surface area contributed by atoms with E-state index in [1.807, 2.05) is 6.92 Å². The van der Waals surface area contributed by atoms with E-state index in [-0.39, 0.29) is 52.6 Å². The first-order valence-electron chi connectivity index (χ1n) is 24.8. The largest absolute Gasteiger partial charge is 0.457 e. The van der Waals surface area contributed by atoms with Crippen molar-refractivity contribution in [2.75, 3.05) is 26.4 Å². The fraction of sp³-hybridized carbons (Fsp3) is 0.918. The quantitative estimate of drug-likeness (QED) is 0.0801. The highest BCUT2D eigenvalue weighted by Gasteiger charge is 2.70. The van der Waals surface area contributed by atoms with Gasteiger partial charge in [-0.15, -0.1) is 0 Å². The number of carbonyl (C=O) groups is 2. The summed E-state index contributed by atoms with van der Waals surface area (Å²) >= 11 is 0. The Morgan fingerprint density at radius 1 is 0.691 bits per heavy atom. The molecule has 19 nitrogen and oxygen atoms in total. The molecule has 388 valence electrons. The number of hydrogen-bond donors (Lipinski definition) is 10. The van der Waals surface area contributed by atoms with Crippen LogP contribution in [0.1, 0.15) is 113 Å². The smallest absolute Gasteiger partial charge is 0.315 e. The van der Waals surface area contributed by atoms with Crippen molar-refractivity contribution in [3.8, 4) is 0 Å². The molecule has 0 aromatic rings. The molecule has 3 aliphatic heterocycles. The fourth-order valence-corrected chi connectivity index (χ4v) is 15.0. The van der Waals surface area contributed by atoms with Crippen LogP contribution in [0.15, 0.2) is 11.6 Å². The Balaban J connectivity index is 1.01. The minimum absolute atomic E-state index is 0.0309. The van der Waals surface area contributed by atoms with Crippen molar-refractivity contribution in [1.82, 2.24) is 0 Å². The number of hydrogen-bond acceptors (Lipinski definition) is 19. The van der Waals surface area contributed by atoms with Gasteiger partial charge >= 0.3 is 11.9 Å². The van der Waals surface area contributed by atoms with E-state index < -0.39 is 128 Å². The van der Waals surface area contributed by atoms with Crippen molar-refractivity contribution in [2.24, 2.45) is 50.2 Å². The summed E-state index contributed by atoms with van der Waals surface area (Å²) in [7, 11) is 0. The molecule has 3 heterocycles. The molecule has 0 radical (unpaired) electrons. The second-order valence-corrected chi connectivity index (χ2v) is 23.5. The molecule has 0 aromatic heterocycles. The van der Waals surface area contributed by atoms with Gasteiger partial charge in [-0.1, -0.05) is 53.2 Å². The van der Waals surface area contributed by atoms with E-state index >= 15 is 0 Å². The van der Waals surface area contributed by atoms with Crippen LogP contribution in [0.25, 0.3) is 0 Å². The first-order chi connectivity index (χ1) is 31.8. The van der Waals surface area contributed by atoms with Gasteiger partial charge in [0.15, 0.2) is 18.7 Å². The van der Waals surface area contributed by atoms with Crippen LogP contribution in [-0.4, -0.2) is 182 Å². The van der Waals surface area contributed by atoms with Crippen molar-refractivity contribution in [2.45, 2.75) is 205 Å². The summed E-state index contributed by atoms with van der Waals surface area (Å²) in [4.78, 5) is 26.6. The summed E-state index contributed by atoms with van der Waals surface area (Å²) in [5, 5.41) is 107. The maximum absolute atomic E-state index is 15.0. The molecule has 0 spiro atoms. The van der Waals surface area contributed by atoms with Crippen LogP contribution in [-0.2, 0) is 42.7 Å². The van der Waals surface area contributed by atoms with E-state index in [0.717, 1.165) is 32.1 Å². The maximum Gasteiger partial charge on any atom is 0.315 e. The van der Waals surface area contributed by atoms with Crippen LogP contribution >= 0.6 is 0 Å². The highest BCUT2D eigenvalue weighted by Crippen LogP contribution is 2.76. The van der Waals surface area contributed by atoms with E-state index in [9.17, 15) is 60.7 Å². The standard InChI is InChI=1S/C49H78O19/c1-23(52)64-27-20-63-41(37(58)34(27)55)67-31-11-12-45(4)29(46(31,5)22-51)10-13-48(7)30(45)9-8-24-25-18-44(2,3)14-16-49(25,17-15-47(24,48)6)43(61)68-42-39(60)36(57)33(54)28(66-42)21-62-40-38(59)35(56)32(53)26(19-50)65-40/h8,25-42,50-51,53-60H,9-22H2,1-7H3/t25?,26-,27+,28-,29?,30?,31?,32-,33-,34-,35-,36-,37-,38-,39-,40-,41+,42+,45?,46?,47?,48?,49?/m1/s1. The predicted molar refractivity (Wildman–Crippen MR) is 235 cm³/mol. The van der Waals surface area contributed by atoms with Crippen molar-refractivity contribution >= 4 is 11.9 Å². The summed E-state index contributed by atoms with van der Waals surface area (Å²) < 4.78 is 40.6. The van der Waals surface area contributed by atoms with E-state index in [2.05, 4.69) is 40.7 Å². The molecule has 4 saturated carbocycles. The average molecular weight is 971 g/mol. The monoisotopic (exact) mass is 971 g/mol. The molecule has 0 bridgehead atoms. The van der Waals surface area contributed by atoms with Gasteiger partial charge in [0.2, 0.25) is 6.29 Å². The summed E-state index contributed by atoms with van der Waals surface area (Å²) in [5.41, 5.74) is -1.35. The van der Waals surface area contributed by atoms with E-state index in [1.54, 1.807) is 0 Å². The predicted octanol–water partition coefficient (Wildman–Crippen LogP) is 0.323. The number of carbonyl (C=O) groups excluding carboxylic acids is 2. The van der Waals surface area contributed by atoms with Gasteiger partial charge < -0.3 is 84.2 Å². The van der Waals surface area contributed by atoms with Gasteiger partial charge in [0.1, 0.15) is 61.0 Å². The van der Waals surface area contributed by atoms with Crippen LogP contribution in [0, 0.1) is 50.2 Å². The van der Waals surface area contributed by atoms with Gasteiger partial charge in [0.25, 0.3) is 0 Å². The van der Waals surface area contributed by atoms with Gasteiger partial charge in [-0.2, -0.15) is 0 Å². The van der Waals surface area contributed by atoms with Crippen molar-refractivity contribution < 1.29 is 93.8 Å². The van der Waals surface area contributed by atoms with Gasteiger partial charge in [-0.25, -0.2) is 0 Å². The summed E-state index contributed by atoms with van der Waals surface area (Å²) in [6.45, 7) is 13.3. The summed E-state index contributed by atoms with van der Waals surface area (Å²) in [6.07, 6.45) is -12.6. The molecule has 8 rings (SSSR count). The zero-order valence-electron chi connectivity index (χ0n) is 40.5. The second kappa shape index (κ2) is 18.8. The normalized spacial score (nSPS) is 52.3. The third kappa shape index (κ3) is 8.41. The molecule has 10 N–H and O–H groups in total. The van der Waals surface area contributed by atoms with Crippen molar-refractivity contribution in [3.63, 3.8) is 0 Å². The Kier molecular flexibility index (Phi) is 14.5. The molecule has 7 fully saturated rings. The molecule has 9 unspecified atom stereocenters. The highest BCUT2D eigenvalue weighted by molar-refractivity contribution is 5.79. The molecule has 19 heteroatoms. The zero-order chi connectivity index (χ0) is 49.7. The van der Waals surface area contributed by atoms with Gasteiger partial charge in [0.05, 0.1) is 37.9 Å². The van der Waals surface area contributed by atoms with Gasteiger partial charge in [0, 0.05) is 12.3 Å². The minimum atomic E-state index is -1.82. The number of ether oxygens (including phenoxy) is 7. The van der Waals surface area contributed by atoms with E-state index in [1.165, 1.54) is 12.5 Å². The number of aliphatic hydroxyl groups is 10. The van der Waals surface area contributed by atoms with Crippen molar-refractivity contribution in [3.05, 3.63) is 11.6 Å². The summed E-state index contributed by atoms with van der Waals surface area (Å²) in [6, 6.07) is 0. The SMILES string of the molecule is CC(=O)O[C@H]1CO[C@@H](OC2CCC3(C)C(CCC4(C)C3CC=C3C5CC(C)(C)CCC5(C(=O)O[C@@H]5O[C@H](CO[C@@H]6O[C@H](CO)[C@@H](O)[C@@H](O)[C@H]6O)[C@@H](O)[C@@H](O)[C@H]5O)CCC34C)C2(C)CO)[C@H](O)[C@@H]1O. The molecule has 5 aliphatic carbocycles. The fourth-order valence-electron chi connectivity index (χ4n) is 15.0. The Labute approximate surface area is 398 Å². The third-order valence-corrected chi connectivity index (χ3v) is 19.3. The number of allylic oxidation sites excluding steroid dienone is 2. The zero-order valence-corrected chi connectivity index (χ0v) is 40.5.